The predicted octanol–water partition coefficient (Wildman–Crippen LogP) is 0.224. The van der Waals surface area contributed by atoms with Crippen molar-refractivity contribution >= 4 is 17.8 Å². The fourth-order valence-corrected chi connectivity index (χ4v) is 1.94. The van der Waals surface area contributed by atoms with Crippen LogP contribution >= 0.6 is 0 Å². The Morgan fingerprint density at radius 1 is 1.56 bits per heavy atom. The maximum Gasteiger partial charge on any atom is 0.305 e. The van der Waals surface area contributed by atoms with Gasteiger partial charge in [-0.3, -0.25) is 14.4 Å². The van der Waals surface area contributed by atoms with Crippen LogP contribution in [0.2, 0.25) is 0 Å². The van der Waals surface area contributed by atoms with Gasteiger partial charge in [-0.2, -0.15) is 0 Å². The normalized spacial score (nSPS) is 21.3. The largest absolute Gasteiger partial charge is 0.481 e. The molecule has 1 rings (SSSR count). The minimum atomic E-state index is -1.07. The standard InChI is InChI=1S/C12H20N2O4/c1-3-8(2)6-10(15)14-5-4-13-12(18)9(14)7-11(16)17/h8-9H,3-7H2,1-2H3,(H,13,18)(H,16,17). The number of carboxylic acid groups (broad SMARTS) is 1. The molecular weight excluding hydrogens is 236 g/mol. The Morgan fingerprint density at radius 2 is 2.22 bits per heavy atom. The van der Waals surface area contributed by atoms with Crippen LogP contribution in [0.15, 0.2) is 0 Å². The Balaban J connectivity index is 2.72. The van der Waals surface area contributed by atoms with E-state index in [9.17, 15) is 14.4 Å². The van der Waals surface area contributed by atoms with E-state index >= 15 is 0 Å². The van der Waals surface area contributed by atoms with Gasteiger partial charge in [0.1, 0.15) is 6.04 Å². The molecule has 102 valence electrons. The first-order valence-corrected chi connectivity index (χ1v) is 6.24. The molecule has 2 unspecified atom stereocenters. The molecule has 0 aromatic heterocycles. The van der Waals surface area contributed by atoms with Gasteiger partial charge < -0.3 is 15.3 Å². The molecule has 1 heterocycles. The molecule has 1 fully saturated rings. The van der Waals surface area contributed by atoms with Gasteiger partial charge in [0, 0.05) is 19.5 Å². The van der Waals surface area contributed by atoms with Crippen molar-refractivity contribution < 1.29 is 19.5 Å². The highest BCUT2D eigenvalue weighted by molar-refractivity contribution is 5.91. The van der Waals surface area contributed by atoms with E-state index in [2.05, 4.69) is 5.32 Å². The number of carbonyl (C=O) groups is 3. The maximum atomic E-state index is 12.1. The summed E-state index contributed by atoms with van der Waals surface area (Å²) in [6.45, 7) is 4.74. The Hall–Kier alpha value is -1.59. The molecule has 2 atom stereocenters. The third kappa shape index (κ3) is 3.72. The van der Waals surface area contributed by atoms with Crippen molar-refractivity contribution in [3.05, 3.63) is 0 Å². The fraction of sp³-hybridized carbons (Fsp3) is 0.750. The lowest BCUT2D eigenvalue weighted by Gasteiger charge is -2.34. The first-order chi connectivity index (χ1) is 8.45. The van der Waals surface area contributed by atoms with E-state index in [0.717, 1.165) is 6.42 Å². The van der Waals surface area contributed by atoms with Gasteiger partial charge in [-0.15, -0.1) is 0 Å². The average molecular weight is 256 g/mol. The second-order valence-corrected chi connectivity index (χ2v) is 4.71. The third-order valence-electron chi connectivity index (χ3n) is 3.24. The molecule has 6 heteroatoms. The summed E-state index contributed by atoms with van der Waals surface area (Å²) in [7, 11) is 0. The number of hydrogen-bond donors (Lipinski definition) is 2. The maximum absolute atomic E-state index is 12.1. The number of aliphatic carboxylic acids is 1. The summed E-state index contributed by atoms with van der Waals surface area (Å²) >= 11 is 0. The summed E-state index contributed by atoms with van der Waals surface area (Å²) in [5.41, 5.74) is 0. The van der Waals surface area contributed by atoms with Crippen molar-refractivity contribution in [2.24, 2.45) is 5.92 Å². The summed E-state index contributed by atoms with van der Waals surface area (Å²) in [5, 5.41) is 11.4. The summed E-state index contributed by atoms with van der Waals surface area (Å²) in [5.74, 6) is -1.34. The molecule has 0 aromatic carbocycles. The lowest BCUT2D eigenvalue weighted by molar-refractivity contribution is -0.149. The number of nitrogens with one attached hydrogen (secondary N) is 1. The number of carbonyl (C=O) groups excluding carboxylic acids is 2. The van der Waals surface area contributed by atoms with Crippen LogP contribution in [-0.4, -0.2) is 46.9 Å². The molecule has 2 amide bonds. The van der Waals surface area contributed by atoms with E-state index in [4.69, 9.17) is 5.11 Å². The van der Waals surface area contributed by atoms with Gasteiger partial charge in [-0.1, -0.05) is 20.3 Å². The van der Waals surface area contributed by atoms with Crippen molar-refractivity contribution in [2.45, 2.75) is 39.2 Å². The number of rotatable bonds is 5. The molecule has 6 nitrogen and oxygen atoms in total. The van der Waals surface area contributed by atoms with Crippen molar-refractivity contribution in [2.75, 3.05) is 13.1 Å². The van der Waals surface area contributed by atoms with Gasteiger partial charge in [0.2, 0.25) is 11.8 Å². The molecule has 18 heavy (non-hydrogen) atoms. The monoisotopic (exact) mass is 256 g/mol. The minimum Gasteiger partial charge on any atom is -0.481 e. The molecule has 2 N–H and O–H groups in total. The molecular formula is C12H20N2O4. The van der Waals surface area contributed by atoms with E-state index in [1.165, 1.54) is 4.90 Å². The average Bonchev–Trinajstić information content (AvgIpc) is 2.30. The molecule has 1 aliphatic heterocycles. The van der Waals surface area contributed by atoms with Crippen LogP contribution in [0.5, 0.6) is 0 Å². The zero-order chi connectivity index (χ0) is 13.7. The third-order valence-corrected chi connectivity index (χ3v) is 3.24. The SMILES string of the molecule is CCC(C)CC(=O)N1CCNC(=O)C1CC(=O)O. The molecule has 0 saturated carbocycles. The van der Waals surface area contributed by atoms with Gasteiger partial charge >= 0.3 is 5.97 Å². The molecule has 0 bridgehead atoms. The number of nitrogens with zero attached hydrogens (tertiary/aromatic N) is 1. The van der Waals surface area contributed by atoms with E-state index in [1.54, 1.807) is 0 Å². The van der Waals surface area contributed by atoms with Crippen LogP contribution < -0.4 is 5.32 Å². The van der Waals surface area contributed by atoms with Crippen molar-refractivity contribution in [1.29, 1.82) is 0 Å². The van der Waals surface area contributed by atoms with Crippen LogP contribution in [0.1, 0.15) is 33.1 Å². The zero-order valence-electron chi connectivity index (χ0n) is 10.8. The van der Waals surface area contributed by atoms with Crippen LogP contribution in [-0.2, 0) is 14.4 Å². The summed E-state index contributed by atoms with van der Waals surface area (Å²) in [6.07, 6.45) is 0.910. The smallest absolute Gasteiger partial charge is 0.305 e. The van der Waals surface area contributed by atoms with Gasteiger partial charge in [0.05, 0.1) is 6.42 Å². The van der Waals surface area contributed by atoms with Crippen LogP contribution in [0, 0.1) is 5.92 Å². The van der Waals surface area contributed by atoms with Crippen LogP contribution in [0.25, 0.3) is 0 Å². The second kappa shape index (κ2) is 6.37. The van der Waals surface area contributed by atoms with E-state index in [1.807, 2.05) is 13.8 Å². The van der Waals surface area contributed by atoms with Gasteiger partial charge in [0.25, 0.3) is 0 Å². The fourth-order valence-electron chi connectivity index (χ4n) is 1.94. The molecule has 0 radical (unpaired) electrons. The Labute approximate surface area is 106 Å². The highest BCUT2D eigenvalue weighted by Crippen LogP contribution is 2.15. The summed E-state index contributed by atoms with van der Waals surface area (Å²) < 4.78 is 0. The molecule has 1 aliphatic rings. The van der Waals surface area contributed by atoms with Crippen molar-refractivity contribution in [3.63, 3.8) is 0 Å². The first kappa shape index (κ1) is 14.5. The number of amides is 2. The molecule has 1 saturated heterocycles. The summed E-state index contributed by atoms with van der Waals surface area (Å²) in [6, 6.07) is -0.868. The molecule has 0 spiro atoms. The summed E-state index contributed by atoms with van der Waals surface area (Å²) in [4.78, 5) is 35.8. The Morgan fingerprint density at radius 3 is 2.78 bits per heavy atom. The Bertz CT molecular complexity index is 343. The topological polar surface area (TPSA) is 86.7 Å². The lowest BCUT2D eigenvalue weighted by Crippen LogP contribution is -2.57. The zero-order valence-corrected chi connectivity index (χ0v) is 10.8. The van der Waals surface area contributed by atoms with E-state index in [0.29, 0.717) is 19.5 Å². The lowest BCUT2D eigenvalue weighted by atomic mass is 10.0. The van der Waals surface area contributed by atoms with Gasteiger partial charge in [0.15, 0.2) is 0 Å². The predicted molar refractivity (Wildman–Crippen MR) is 64.8 cm³/mol. The van der Waals surface area contributed by atoms with E-state index in [-0.39, 0.29) is 24.2 Å². The molecule has 0 aromatic rings. The van der Waals surface area contributed by atoms with Gasteiger partial charge in [-0.05, 0) is 5.92 Å². The van der Waals surface area contributed by atoms with Crippen molar-refractivity contribution in [1.82, 2.24) is 10.2 Å². The van der Waals surface area contributed by atoms with Gasteiger partial charge in [-0.25, -0.2) is 0 Å². The first-order valence-electron chi connectivity index (χ1n) is 6.24. The van der Waals surface area contributed by atoms with E-state index < -0.39 is 12.0 Å². The highest BCUT2D eigenvalue weighted by atomic mass is 16.4. The Kier molecular flexibility index (Phi) is 5.12. The molecule has 0 aliphatic carbocycles. The van der Waals surface area contributed by atoms with Crippen LogP contribution in [0.4, 0.5) is 0 Å². The second-order valence-electron chi connectivity index (χ2n) is 4.71. The number of carboxylic acids is 1. The minimum absolute atomic E-state index is 0.134. The van der Waals surface area contributed by atoms with Crippen molar-refractivity contribution in [3.8, 4) is 0 Å². The number of piperazine rings is 1. The quantitative estimate of drug-likeness (QED) is 0.737. The number of hydrogen-bond acceptors (Lipinski definition) is 3. The van der Waals surface area contributed by atoms with Crippen LogP contribution in [0.3, 0.4) is 0 Å². The highest BCUT2D eigenvalue weighted by Gasteiger charge is 2.34.